The van der Waals surface area contributed by atoms with Crippen LogP contribution in [0.15, 0.2) is 211 Å². The van der Waals surface area contributed by atoms with Gasteiger partial charge in [-0.05, 0) is 106 Å². The number of hydrogen-bond acceptors (Lipinski definition) is 5. The summed E-state index contributed by atoms with van der Waals surface area (Å²) in [5.41, 5.74) is 14.9. The van der Waals surface area contributed by atoms with Crippen molar-refractivity contribution in [2.24, 2.45) is 0 Å². The lowest BCUT2D eigenvalue weighted by atomic mass is 10.00. The third kappa shape index (κ3) is 5.94. The number of para-hydroxylation sites is 1. The third-order valence-electron chi connectivity index (χ3n) is 11.0. The second-order valence-corrected chi connectivity index (χ2v) is 14.5. The Morgan fingerprint density at radius 3 is 1.79 bits per heavy atom. The van der Waals surface area contributed by atoms with Crippen LogP contribution in [0.2, 0.25) is 0 Å². The average Bonchev–Trinajstić information content (AvgIpc) is 3.69. The van der Waals surface area contributed by atoms with Gasteiger partial charge >= 0.3 is 0 Å². The van der Waals surface area contributed by atoms with Crippen LogP contribution in [0.5, 0.6) is 0 Å². The van der Waals surface area contributed by atoms with Gasteiger partial charge < -0.3 is 9.32 Å². The lowest BCUT2D eigenvalue weighted by Crippen LogP contribution is -2.09. The van der Waals surface area contributed by atoms with Gasteiger partial charge in [0, 0.05) is 56.9 Å². The molecule has 58 heavy (non-hydrogen) atoms. The third-order valence-corrected chi connectivity index (χ3v) is 11.0. The van der Waals surface area contributed by atoms with Gasteiger partial charge in [0.05, 0.1) is 16.7 Å². The van der Waals surface area contributed by atoms with Crippen molar-refractivity contribution in [3.8, 4) is 44.6 Å². The molecular weight excluding hydrogens is 709 g/mol. The molecule has 272 valence electrons. The van der Waals surface area contributed by atoms with E-state index in [2.05, 4.69) is 180 Å². The van der Waals surface area contributed by atoms with Gasteiger partial charge in [0.15, 0.2) is 0 Å². The Balaban J connectivity index is 0.991. The predicted molar refractivity (Wildman–Crippen MR) is 239 cm³/mol. The molecule has 0 saturated heterocycles. The van der Waals surface area contributed by atoms with Gasteiger partial charge in [0.25, 0.3) is 0 Å². The minimum Gasteiger partial charge on any atom is -0.437 e. The van der Waals surface area contributed by atoms with E-state index in [0.29, 0.717) is 5.71 Å². The Bertz CT molecular complexity index is 3260. The Morgan fingerprint density at radius 1 is 0.397 bits per heavy atom. The van der Waals surface area contributed by atoms with Crippen LogP contribution in [-0.2, 0) is 0 Å². The molecule has 0 N–H and O–H groups in total. The fraction of sp³-hybridized carbons (Fsp3) is 0. The van der Waals surface area contributed by atoms with Crippen LogP contribution in [0.4, 0.5) is 17.1 Å². The Morgan fingerprint density at radius 2 is 1.02 bits per heavy atom. The van der Waals surface area contributed by atoms with Crippen molar-refractivity contribution < 1.29 is 4.42 Å². The molecule has 4 aromatic heterocycles. The van der Waals surface area contributed by atoms with E-state index in [1.54, 1.807) is 6.20 Å². The quantitative estimate of drug-likeness (QED) is 0.163. The molecule has 11 aromatic rings. The summed E-state index contributed by atoms with van der Waals surface area (Å²) in [6.45, 7) is 0. The minimum atomic E-state index is 0.648. The van der Waals surface area contributed by atoms with Gasteiger partial charge in [0.1, 0.15) is 5.58 Å². The summed E-state index contributed by atoms with van der Waals surface area (Å²) in [5, 5.41) is 4.55. The molecule has 5 nitrogen and oxygen atoms in total. The molecule has 0 atom stereocenters. The SMILES string of the molecule is c1ccc(-c2cc(-c3ccc(N(c4ccc(-c5ccc6ccccc6c5)cc4)c4ccc(-c5cccc6c5oc5ncccc56)cc4)cc3)nc3cccnc23)cc1. The summed E-state index contributed by atoms with van der Waals surface area (Å²) < 4.78 is 6.30. The van der Waals surface area contributed by atoms with E-state index in [0.717, 1.165) is 78.0 Å². The largest absolute Gasteiger partial charge is 0.437 e. The number of nitrogens with zero attached hydrogens (tertiary/aromatic N) is 4. The van der Waals surface area contributed by atoms with Gasteiger partial charge in [-0.2, -0.15) is 0 Å². The van der Waals surface area contributed by atoms with Crippen molar-refractivity contribution in [1.29, 1.82) is 0 Å². The van der Waals surface area contributed by atoms with Crippen LogP contribution in [0, 0.1) is 0 Å². The lowest BCUT2D eigenvalue weighted by molar-refractivity contribution is 0.655. The highest BCUT2D eigenvalue weighted by Crippen LogP contribution is 2.40. The number of fused-ring (bicyclic) bond motifs is 5. The first-order chi connectivity index (χ1) is 28.7. The number of benzene rings is 7. The van der Waals surface area contributed by atoms with E-state index in [4.69, 9.17) is 14.4 Å². The fourth-order valence-corrected chi connectivity index (χ4v) is 8.10. The van der Waals surface area contributed by atoms with E-state index in [-0.39, 0.29) is 0 Å². The lowest BCUT2D eigenvalue weighted by Gasteiger charge is -2.26. The number of pyridine rings is 3. The van der Waals surface area contributed by atoms with Gasteiger partial charge in [-0.25, -0.2) is 9.97 Å². The van der Waals surface area contributed by atoms with E-state index >= 15 is 0 Å². The maximum Gasteiger partial charge on any atom is 0.227 e. The fourth-order valence-electron chi connectivity index (χ4n) is 8.10. The number of anilines is 3. The Kier molecular flexibility index (Phi) is 8.07. The predicted octanol–water partition coefficient (Wildman–Crippen LogP) is 14.2. The molecule has 5 heteroatoms. The summed E-state index contributed by atoms with van der Waals surface area (Å²) in [6.07, 6.45) is 3.60. The molecule has 0 bridgehead atoms. The molecule has 11 rings (SSSR count). The molecule has 7 aromatic carbocycles. The molecule has 0 aliphatic carbocycles. The van der Waals surface area contributed by atoms with Gasteiger partial charge in [-0.15, -0.1) is 0 Å². The van der Waals surface area contributed by atoms with Crippen LogP contribution >= 0.6 is 0 Å². The topological polar surface area (TPSA) is 55.1 Å². The molecule has 0 amide bonds. The molecule has 0 unspecified atom stereocenters. The van der Waals surface area contributed by atoms with Crippen molar-refractivity contribution in [3.63, 3.8) is 0 Å². The second kappa shape index (κ2) is 14.0. The van der Waals surface area contributed by atoms with Crippen molar-refractivity contribution >= 4 is 60.9 Å². The highest BCUT2D eigenvalue weighted by atomic mass is 16.3. The van der Waals surface area contributed by atoms with E-state index < -0.39 is 0 Å². The molecule has 0 aliphatic heterocycles. The highest BCUT2D eigenvalue weighted by molar-refractivity contribution is 6.08. The molecule has 0 radical (unpaired) electrons. The standard InChI is InChI=1S/C53H34N4O/c1-2-10-37(11-3-1)48-34-50(56-49-16-8-31-54-51(48)49)39-23-29-44(30-24-39)57(42-25-19-36(20-26-42)41-18-17-35-9-4-5-12-40(35)33-41)43-27-21-38(22-28-43)45-13-6-14-46-47-15-7-32-55-53(47)58-52(45)46/h1-34H. The first-order valence-corrected chi connectivity index (χ1v) is 19.4. The van der Waals surface area contributed by atoms with Crippen LogP contribution in [0.25, 0.3) is 88.5 Å². The van der Waals surface area contributed by atoms with Crippen molar-refractivity contribution in [2.75, 3.05) is 4.90 Å². The molecule has 4 heterocycles. The Hall–Kier alpha value is -7.89. The summed E-state index contributed by atoms with van der Waals surface area (Å²) >= 11 is 0. The smallest absolute Gasteiger partial charge is 0.227 e. The van der Waals surface area contributed by atoms with Crippen molar-refractivity contribution in [3.05, 3.63) is 207 Å². The van der Waals surface area contributed by atoms with Gasteiger partial charge in [-0.1, -0.05) is 121 Å². The molecular formula is C53H34N4O. The maximum absolute atomic E-state index is 6.30. The zero-order valence-electron chi connectivity index (χ0n) is 31.3. The van der Waals surface area contributed by atoms with Crippen LogP contribution < -0.4 is 4.90 Å². The summed E-state index contributed by atoms with van der Waals surface area (Å²) in [4.78, 5) is 16.6. The number of hydrogen-bond donors (Lipinski definition) is 0. The molecule has 0 saturated carbocycles. The van der Waals surface area contributed by atoms with E-state index in [1.807, 2.05) is 30.5 Å². The average molecular weight is 743 g/mol. The second-order valence-electron chi connectivity index (χ2n) is 14.5. The zero-order chi connectivity index (χ0) is 38.4. The normalized spacial score (nSPS) is 11.4. The number of aromatic nitrogens is 3. The van der Waals surface area contributed by atoms with Crippen LogP contribution in [-0.4, -0.2) is 15.0 Å². The summed E-state index contributed by atoms with van der Waals surface area (Å²) in [7, 11) is 0. The van der Waals surface area contributed by atoms with Gasteiger partial charge in [-0.3, -0.25) is 4.98 Å². The van der Waals surface area contributed by atoms with Crippen molar-refractivity contribution in [1.82, 2.24) is 15.0 Å². The van der Waals surface area contributed by atoms with E-state index in [9.17, 15) is 0 Å². The highest BCUT2D eigenvalue weighted by Gasteiger charge is 2.17. The first kappa shape index (κ1) is 33.4. The number of rotatable bonds is 7. The number of furan rings is 1. The molecule has 0 aliphatic rings. The monoisotopic (exact) mass is 742 g/mol. The van der Waals surface area contributed by atoms with E-state index in [1.165, 1.54) is 21.9 Å². The molecule has 0 fully saturated rings. The summed E-state index contributed by atoms with van der Waals surface area (Å²) in [5.74, 6) is 0. The first-order valence-electron chi connectivity index (χ1n) is 19.4. The van der Waals surface area contributed by atoms with Gasteiger partial charge in [0.2, 0.25) is 5.71 Å². The molecule has 0 spiro atoms. The van der Waals surface area contributed by atoms with Crippen molar-refractivity contribution in [2.45, 2.75) is 0 Å². The zero-order valence-corrected chi connectivity index (χ0v) is 31.3. The summed E-state index contributed by atoms with van der Waals surface area (Å²) in [6, 6.07) is 68.2. The Labute approximate surface area is 335 Å². The maximum atomic E-state index is 6.30. The van der Waals surface area contributed by atoms with Crippen LogP contribution in [0.1, 0.15) is 0 Å². The minimum absolute atomic E-state index is 0.648. The van der Waals surface area contributed by atoms with Crippen LogP contribution in [0.3, 0.4) is 0 Å².